The molecule has 0 unspecified atom stereocenters. The highest BCUT2D eigenvalue weighted by molar-refractivity contribution is 5.50. The summed E-state index contributed by atoms with van der Waals surface area (Å²) >= 11 is 0. The van der Waals surface area contributed by atoms with Crippen LogP contribution in [0.5, 0.6) is 0 Å². The highest BCUT2D eigenvalue weighted by atomic mass is 15.2. The second kappa shape index (κ2) is 6.70. The van der Waals surface area contributed by atoms with Crippen molar-refractivity contribution in [2.75, 3.05) is 37.4 Å². The van der Waals surface area contributed by atoms with Crippen molar-refractivity contribution in [1.82, 2.24) is 15.3 Å². The molecule has 0 spiro atoms. The van der Waals surface area contributed by atoms with Crippen molar-refractivity contribution >= 4 is 11.6 Å². The molecule has 0 bridgehead atoms. The van der Waals surface area contributed by atoms with Gasteiger partial charge in [0.15, 0.2) is 0 Å². The molecule has 5 heteroatoms. The van der Waals surface area contributed by atoms with E-state index in [4.69, 9.17) is 0 Å². The largest absolute Gasteiger partial charge is 0.370 e. The van der Waals surface area contributed by atoms with Crippen molar-refractivity contribution < 1.29 is 0 Å². The minimum atomic E-state index is 0.0458. The van der Waals surface area contributed by atoms with Crippen LogP contribution in [-0.4, -0.2) is 42.7 Å². The van der Waals surface area contributed by atoms with Crippen molar-refractivity contribution in [3.63, 3.8) is 0 Å². The van der Waals surface area contributed by atoms with Gasteiger partial charge in [0.05, 0.1) is 0 Å². The van der Waals surface area contributed by atoms with Gasteiger partial charge >= 0.3 is 0 Å². The number of nitrogens with one attached hydrogen (secondary N) is 2. The van der Waals surface area contributed by atoms with Crippen LogP contribution in [0.2, 0.25) is 0 Å². The van der Waals surface area contributed by atoms with E-state index in [-0.39, 0.29) is 5.54 Å². The summed E-state index contributed by atoms with van der Waals surface area (Å²) in [4.78, 5) is 11.1. The van der Waals surface area contributed by atoms with Crippen LogP contribution in [0.15, 0.2) is 6.07 Å². The van der Waals surface area contributed by atoms with Gasteiger partial charge in [-0.1, -0.05) is 0 Å². The molecule has 0 saturated heterocycles. The van der Waals surface area contributed by atoms with E-state index in [1.807, 2.05) is 20.0 Å². The van der Waals surface area contributed by atoms with Crippen molar-refractivity contribution in [3.8, 4) is 0 Å². The van der Waals surface area contributed by atoms with Gasteiger partial charge in [-0.15, -0.1) is 0 Å². The summed E-state index contributed by atoms with van der Waals surface area (Å²) in [5, 5.41) is 6.48. The fourth-order valence-electron chi connectivity index (χ4n) is 1.64. The molecule has 19 heavy (non-hydrogen) atoms. The molecule has 0 amide bonds. The first kappa shape index (κ1) is 15.7. The van der Waals surface area contributed by atoms with Gasteiger partial charge in [0, 0.05) is 25.2 Å². The summed E-state index contributed by atoms with van der Waals surface area (Å²) in [7, 11) is 4.03. The normalized spacial score (nSPS) is 11.5. The summed E-state index contributed by atoms with van der Waals surface area (Å²) in [5.74, 6) is 2.65. The van der Waals surface area contributed by atoms with Gasteiger partial charge < -0.3 is 15.5 Å². The van der Waals surface area contributed by atoms with Crippen molar-refractivity contribution in [1.29, 1.82) is 0 Å². The Morgan fingerprint density at radius 3 is 2.47 bits per heavy atom. The Labute approximate surface area is 116 Å². The molecule has 0 atom stereocenters. The minimum absolute atomic E-state index is 0.0458. The Morgan fingerprint density at radius 2 is 1.89 bits per heavy atom. The summed E-state index contributed by atoms with van der Waals surface area (Å²) in [6, 6.07) is 2.01. The average molecular weight is 265 g/mol. The summed E-state index contributed by atoms with van der Waals surface area (Å²) in [6.07, 6.45) is 1.07. The molecule has 0 fully saturated rings. The lowest BCUT2D eigenvalue weighted by Crippen LogP contribution is -2.38. The molecule has 0 aliphatic heterocycles. The summed E-state index contributed by atoms with van der Waals surface area (Å²) in [5.41, 5.74) is 0.0458. The maximum Gasteiger partial charge on any atom is 0.134 e. The van der Waals surface area contributed by atoms with Crippen LogP contribution in [-0.2, 0) is 0 Å². The highest BCUT2D eigenvalue weighted by Gasteiger charge is 2.19. The number of aromatic nitrogens is 2. The SMILES string of the molecule is CNCCCNc1cc(N(C)C(C)(C)C)nc(C)n1. The molecule has 0 aliphatic carbocycles. The third-order valence-corrected chi connectivity index (χ3v) is 3.08. The molecule has 1 aromatic rings. The topological polar surface area (TPSA) is 53.1 Å². The van der Waals surface area contributed by atoms with Crippen LogP contribution in [0.25, 0.3) is 0 Å². The van der Waals surface area contributed by atoms with E-state index in [0.29, 0.717) is 0 Å². The maximum atomic E-state index is 4.51. The molecule has 5 nitrogen and oxygen atoms in total. The van der Waals surface area contributed by atoms with Gasteiger partial charge in [0.1, 0.15) is 17.5 Å². The zero-order chi connectivity index (χ0) is 14.5. The number of aryl methyl sites for hydroxylation is 1. The van der Waals surface area contributed by atoms with Crippen LogP contribution >= 0.6 is 0 Å². The zero-order valence-corrected chi connectivity index (χ0v) is 13.0. The van der Waals surface area contributed by atoms with Crippen molar-refractivity contribution in [2.45, 2.75) is 39.7 Å². The molecular formula is C14H27N5. The van der Waals surface area contributed by atoms with Crippen LogP contribution in [0, 0.1) is 6.92 Å². The Kier molecular flexibility index (Phi) is 5.54. The van der Waals surface area contributed by atoms with E-state index < -0.39 is 0 Å². The van der Waals surface area contributed by atoms with Gasteiger partial charge in [0.25, 0.3) is 0 Å². The minimum Gasteiger partial charge on any atom is -0.370 e. The van der Waals surface area contributed by atoms with Crippen LogP contribution in [0.4, 0.5) is 11.6 Å². The number of rotatable bonds is 6. The maximum absolute atomic E-state index is 4.51. The number of nitrogens with zero attached hydrogens (tertiary/aromatic N) is 3. The lowest BCUT2D eigenvalue weighted by atomic mass is 10.1. The fraction of sp³-hybridized carbons (Fsp3) is 0.714. The first-order valence-electron chi connectivity index (χ1n) is 6.82. The van der Waals surface area contributed by atoms with E-state index in [0.717, 1.165) is 37.0 Å². The summed E-state index contributed by atoms with van der Waals surface area (Å²) < 4.78 is 0. The second-order valence-electron chi connectivity index (χ2n) is 5.77. The lowest BCUT2D eigenvalue weighted by Gasteiger charge is -2.33. The molecule has 1 aromatic heterocycles. The highest BCUT2D eigenvalue weighted by Crippen LogP contribution is 2.21. The number of hydrogen-bond acceptors (Lipinski definition) is 5. The third kappa shape index (κ3) is 5.03. The molecule has 0 aliphatic rings. The predicted octanol–water partition coefficient (Wildman–Crippen LogP) is 2.04. The summed E-state index contributed by atoms with van der Waals surface area (Å²) in [6.45, 7) is 10.4. The second-order valence-corrected chi connectivity index (χ2v) is 5.77. The van der Waals surface area contributed by atoms with Crippen molar-refractivity contribution in [3.05, 3.63) is 11.9 Å². The van der Waals surface area contributed by atoms with E-state index in [1.54, 1.807) is 0 Å². The Balaban J connectivity index is 2.77. The van der Waals surface area contributed by atoms with E-state index in [9.17, 15) is 0 Å². The molecule has 1 heterocycles. The van der Waals surface area contributed by atoms with Crippen LogP contribution in [0.1, 0.15) is 33.0 Å². The quantitative estimate of drug-likeness (QED) is 0.771. The van der Waals surface area contributed by atoms with Gasteiger partial charge in [0.2, 0.25) is 0 Å². The molecule has 108 valence electrons. The number of hydrogen-bond donors (Lipinski definition) is 2. The van der Waals surface area contributed by atoms with Gasteiger partial charge in [-0.25, -0.2) is 9.97 Å². The average Bonchev–Trinajstić information content (AvgIpc) is 2.32. The lowest BCUT2D eigenvalue weighted by molar-refractivity contribution is 0.533. The van der Waals surface area contributed by atoms with Gasteiger partial charge in [-0.3, -0.25) is 0 Å². The number of anilines is 2. The molecular weight excluding hydrogens is 238 g/mol. The van der Waals surface area contributed by atoms with Crippen LogP contribution in [0.3, 0.4) is 0 Å². The van der Waals surface area contributed by atoms with Gasteiger partial charge in [-0.05, 0) is 47.7 Å². The monoisotopic (exact) mass is 265 g/mol. The van der Waals surface area contributed by atoms with E-state index in [2.05, 4.69) is 53.3 Å². The molecule has 2 N–H and O–H groups in total. The van der Waals surface area contributed by atoms with E-state index in [1.165, 1.54) is 0 Å². The molecule has 0 radical (unpaired) electrons. The predicted molar refractivity (Wildman–Crippen MR) is 82.0 cm³/mol. The standard InChI is InChI=1S/C14H27N5/c1-11-17-12(16-9-7-8-15-5)10-13(18-11)19(6)14(2,3)4/h10,15H,7-9H2,1-6H3,(H,16,17,18). The molecule has 0 aromatic carbocycles. The molecule has 0 saturated carbocycles. The Hall–Kier alpha value is -1.36. The van der Waals surface area contributed by atoms with Crippen molar-refractivity contribution in [2.24, 2.45) is 0 Å². The smallest absolute Gasteiger partial charge is 0.134 e. The first-order valence-corrected chi connectivity index (χ1v) is 6.82. The first-order chi connectivity index (χ1) is 8.84. The Morgan fingerprint density at radius 1 is 1.21 bits per heavy atom. The zero-order valence-electron chi connectivity index (χ0n) is 13.0. The van der Waals surface area contributed by atoms with E-state index >= 15 is 0 Å². The fourth-order valence-corrected chi connectivity index (χ4v) is 1.64. The Bertz CT molecular complexity index is 397. The third-order valence-electron chi connectivity index (χ3n) is 3.08. The van der Waals surface area contributed by atoms with Gasteiger partial charge in [-0.2, -0.15) is 0 Å². The molecule has 1 rings (SSSR count). The van der Waals surface area contributed by atoms with Crippen LogP contribution < -0.4 is 15.5 Å².